The minimum absolute atomic E-state index is 0.0159. The van der Waals surface area contributed by atoms with Crippen molar-refractivity contribution in [3.63, 3.8) is 0 Å². The van der Waals surface area contributed by atoms with E-state index in [0.29, 0.717) is 5.16 Å². The van der Waals surface area contributed by atoms with Gasteiger partial charge in [0.15, 0.2) is 5.16 Å². The van der Waals surface area contributed by atoms with Crippen LogP contribution in [-0.4, -0.2) is 37.1 Å². The Balaban J connectivity index is 1.30. The van der Waals surface area contributed by atoms with Crippen molar-refractivity contribution in [3.8, 4) is 5.69 Å². The molecule has 1 aliphatic carbocycles. The molecule has 3 aromatic carbocycles. The summed E-state index contributed by atoms with van der Waals surface area (Å²) in [5.74, 6) is -0.681. The molecule has 6 nitrogen and oxygen atoms in total. The van der Waals surface area contributed by atoms with Crippen LogP contribution in [0.1, 0.15) is 36.4 Å². The minimum Gasteiger partial charge on any atom is -0.277 e. The lowest BCUT2D eigenvalue weighted by atomic mass is 9.77. The number of carbonyl (C=O) groups is 1. The third-order valence-corrected chi connectivity index (χ3v) is 7.98. The molecule has 39 heavy (non-hydrogen) atoms. The Bertz CT molecular complexity index is 1530. The first-order chi connectivity index (χ1) is 19.1. The Morgan fingerprint density at radius 2 is 1.69 bits per heavy atom. The first-order valence-corrected chi connectivity index (χ1v) is 13.8. The third-order valence-electron chi connectivity index (χ3n) is 7.06. The lowest BCUT2D eigenvalue weighted by Crippen LogP contribution is -2.33. The second-order valence-corrected chi connectivity index (χ2v) is 10.5. The standard InChI is InChI=1S/C30H25F2N5OS/c31-23-13-9-20(10-14-23)17-22-5-4-8-26-28(22)35-37(29(26)21-11-15-24(32)16-12-21)27(38)18-39-30-34-33-19-36(30)25-6-2-1-3-7-25/h1-3,6-7,9-17,19,26,29H,4-5,8,18H2. The monoisotopic (exact) mass is 541 g/mol. The van der Waals surface area contributed by atoms with Gasteiger partial charge in [-0.05, 0) is 78.4 Å². The van der Waals surface area contributed by atoms with Crippen molar-refractivity contribution in [1.82, 2.24) is 19.8 Å². The van der Waals surface area contributed by atoms with E-state index >= 15 is 0 Å². The molecular formula is C30H25F2N5OS. The molecule has 196 valence electrons. The van der Waals surface area contributed by atoms with Crippen molar-refractivity contribution in [2.75, 3.05) is 5.75 Å². The molecule has 0 bridgehead atoms. The van der Waals surface area contributed by atoms with E-state index in [1.54, 1.807) is 35.6 Å². The summed E-state index contributed by atoms with van der Waals surface area (Å²) in [5, 5.41) is 15.3. The van der Waals surface area contributed by atoms with Crippen LogP contribution in [0.2, 0.25) is 0 Å². The average molecular weight is 542 g/mol. The van der Waals surface area contributed by atoms with Crippen LogP contribution in [0.15, 0.2) is 101 Å². The van der Waals surface area contributed by atoms with Crippen LogP contribution in [-0.2, 0) is 4.79 Å². The number of para-hydroxylation sites is 1. The first kappa shape index (κ1) is 25.2. The van der Waals surface area contributed by atoms with Crippen LogP contribution < -0.4 is 0 Å². The van der Waals surface area contributed by atoms with Crippen LogP contribution in [0, 0.1) is 17.6 Å². The predicted molar refractivity (Wildman–Crippen MR) is 147 cm³/mol. The van der Waals surface area contributed by atoms with E-state index < -0.39 is 0 Å². The van der Waals surface area contributed by atoms with E-state index in [2.05, 4.69) is 10.2 Å². The van der Waals surface area contributed by atoms with Gasteiger partial charge >= 0.3 is 0 Å². The number of fused-ring (bicyclic) bond motifs is 1. The van der Waals surface area contributed by atoms with Gasteiger partial charge in [-0.3, -0.25) is 9.36 Å². The molecule has 1 amide bonds. The number of halogens is 2. The molecule has 1 aromatic heterocycles. The zero-order chi connectivity index (χ0) is 26.8. The molecule has 0 N–H and O–H groups in total. The van der Waals surface area contributed by atoms with E-state index in [0.717, 1.165) is 47.4 Å². The molecule has 0 radical (unpaired) electrons. The Kier molecular flexibility index (Phi) is 7.06. The molecule has 1 saturated carbocycles. The second-order valence-electron chi connectivity index (χ2n) is 9.55. The van der Waals surface area contributed by atoms with E-state index in [-0.39, 0.29) is 35.3 Å². The van der Waals surface area contributed by atoms with E-state index in [9.17, 15) is 13.6 Å². The highest BCUT2D eigenvalue weighted by Gasteiger charge is 2.43. The number of allylic oxidation sites excluding steroid dienone is 1. The number of thioether (sulfide) groups is 1. The van der Waals surface area contributed by atoms with Crippen LogP contribution >= 0.6 is 11.8 Å². The largest absolute Gasteiger partial charge is 0.277 e. The van der Waals surface area contributed by atoms with Crippen molar-refractivity contribution in [2.45, 2.75) is 30.5 Å². The fraction of sp³-hybridized carbons (Fsp3) is 0.200. The number of benzene rings is 3. The number of hydrazone groups is 1. The number of carbonyl (C=O) groups excluding carboxylic acids is 1. The van der Waals surface area contributed by atoms with Crippen LogP contribution in [0.5, 0.6) is 0 Å². The summed E-state index contributed by atoms with van der Waals surface area (Å²) >= 11 is 1.30. The SMILES string of the molecule is O=C(CSc1nncn1-c1ccccc1)N1N=C2C(=Cc3ccc(F)cc3)CCCC2C1c1ccc(F)cc1. The Morgan fingerprint density at radius 1 is 0.974 bits per heavy atom. The number of aromatic nitrogens is 3. The van der Waals surface area contributed by atoms with Gasteiger partial charge in [0.05, 0.1) is 17.5 Å². The molecule has 1 fully saturated rings. The number of hydrogen-bond acceptors (Lipinski definition) is 5. The zero-order valence-electron chi connectivity index (χ0n) is 21.0. The van der Waals surface area contributed by atoms with Crippen LogP contribution in [0.4, 0.5) is 8.78 Å². The van der Waals surface area contributed by atoms with Crippen LogP contribution in [0.3, 0.4) is 0 Å². The maximum Gasteiger partial charge on any atom is 0.253 e. The maximum atomic E-state index is 13.8. The molecule has 0 spiro atoms. The average Bonchev–Trinajstić information content (AvgIpc) is 3.60. The van der Waals surface area contributed by atoms with Gasteiger partial charge in [-0.1, -0.05) is 54.2 Å². The summed E-state index contributed by atoms with van der Waals surface area (Å²) < 4.78 is 29.1. The maximum absolute atomic E-state index is 13.8. The van der Waals surface area contributed by atoms with Gasteiger partial charge in [0.25, 0.3) is 5.91 Å². The quantitative estimate of drug-likeness (QED) is 0.263. The number of hydrogen-bond donors (Lipinski definition) is 0. The topological polar surface area (TPSA) is 63.4 Å². The van der Waals surface area contributed by atoms with Gasteiger partial charge in [-0.2, -0.15) is 5.10 Å². The van der Waals surface area contributed by atoms with Gasteiger partial charge in [0.2, 0.25) is 0 Å². The normalized spacial score (nSPS) is 19.7. The summed E-state index contributed by atoms with van der Waals surface area (Å²) in [6.07, 6.45) is 6.27. The predicted octanol–water partition coefficient (Wildman–Crippen LogP) is 6.46. The lowest BCUT2D eigenvalue weighted by Gasteiger charge is -2.29. The zero-order valence-corrected chi connectivity index (χ0v) is 21.8. The van der Waals surface area contributed by atoms with Gasteiger partial charge in [0, 0.05) is 11.6 Å². The van der Waals surface area contributed by atoms with Gasteiger partial charge in [-0.15, -0.1) is 10.2 Å². The summed E-state index contributed by atoms with van der Waals surface area (Å²) in [4.78, 5) is 13.7. The van der Waals surface area contributed by atoms with Crippen molar-refractivity contribution >= 4 is 29.5 Å². The highest BCUT2D eigenvalue weighted by molar-refractivity contribution is 7.99. The molecule has 6 rings (SSSR count). The molecule has 9 heteroatoms. The highest BCUT2D eigenvalue weighted by Crippen LogP contribution is 2.44. The molecule has 2 heterocycles. The van der Waals surface area contributed by atoms with Gasteiger partial charge in [0.1, 0.15) is 18.0 Å². The molecule has 2 unspecified atom stereocenters. The molecule has 1 aliphatic heterocycles. The van der Waals surface area contributed by atoms with Crippen molar-refractivity contribution < 1.29 is 13.6 Å². The molecular weight excluding hydrogens is 516 g/mol. The fourth-order valence-corrected chi connectivity index (χ4v) is 6.02. The van der Waals surface area contributed by atoms with Crippen molar-refractivity contribution in [3.05, 3.63) is 114 Å². The third kappa shape index (κ3) is 5.27. The lowest BCUT2D eigenvalue weighted by molar-refractivity contribution is -0.130. The smallest absolute Gasteiger partial charge is 0.253 e. The first-order valence-electron chi connectivity index (χ1n) is 12.8. The van der Waals surface area contributed by atoms with Crippen molar-refractivity contribution in [1.29, 1.82) is 0 Å². The number of amides is 1. The van der Waals surface area contributed by atoms with Crippen LogP contribution in [0.25, 0.3) is 11.8 Å². The summed E-state index contributed by atoms with van der Waals surface area (Å²) in [5.41, 5.74) is 4.54. The fourth-order valence-electron chi connectivity index (χ4n) is 5.24. The highest BCUT2D eigenvalue weighted by atomic mass is 32.2. The van der Waals surface area contributed by atoms with Gasteiger partial charge in [-0.25, -0.2) is 13.8 Å². The summed E-state index contributed by atoms with van der Waals surface area (Å²) in [6, 6.07) is 22.0. The Hall–Kier alpha value is -4.11. The van der Waals surface area contributed by atoms with Gasteiger partial charge < -0.3 is 0 Å². The molecule has 0 saturated heterocycles. The minimum atomic E-state index is -0.336. The van der Waals surface area contributed by atoms with E-state index in [4.69, 9.17) is 5.10 Å². The Morgan fingerprint density at radius 3 is 2.44 bits per heavy atom. The molecule has 2 aliphatic rings. The number of rotatable bonds is 6. The summed E-state index contributed by atoms with van der Waals surface area (Å²) in [6.45, 7) is 0. The summed E-state index contributed by atoms with van der Waals surface area (Å²) in [7, 11) is 0. The molecule has 2 atom stereocenters. The van der Waals surface area contributed by atoms with Crippen molar-refractivity contribution in [2.24, 2.45) is 11.0 Å². The van der Waals surface area contributed by atoms with E-state index in [1.165, 1.54) is 36.0 Å². The Labute approximate surface area is 229 Å². The number of nitrogens with zero attached hydrogens (tertiary/aromatic N) is 5. The molecule has 4 aromatic rings. The second kappa shape index (κ2) is 10.9. The van der Waals surface area contributed by atoms with E-state index in [1.807, 2.05) is 41.0 Å².